The molecule has 0 spiro atoms. The largest absolute Gasteiger partial charge is 0.321 e. The Bertz CT molecular complexity index is 968. The molecular weight excluding hydrogens is 620 g/mol. The summed E-state index contributed by atoms with van der Waals surface area (Å²) >= 11 is 13.6. The molecule has 3 rings (SSSR count). The minimum absolute atomic E-state index is 0.259. The molecule has 3 aromatic carbocycles. The van der Waals surface area contributed by atoms with Gasteiger partial charge in [-0.15, -0.1) is 0 Å². The molecule has 0 radical (unpaired) electrons. The molecule has 28 heavy (non-hydrogen) atoms. The molecule has 0 atom stereocenters. The van der Waals surface area contributed by atoms with Crippen molar-refractivity contribution in [2.24, 2.45) is 0 Å². The molecule has 0 saturated carbocycles. The summed E-state index contributed by atoms with van der Waals surface area (Å²) in [6.07, 6.45) is 0. The van der Waals surface area contributed by atoms with Gasteiger partial charge in [0.15, 0.2) is 0 Å². The summed E-state index contributed by atoms with van der Waals surface area (Å²) in [5, 5.41) is 5.67. The zero-order chi connectivity index (χ0) is 20.3. The third-order valence-corrected chi connectivity index (χ3v) is 6.07. The van der Waals surface area contributed by atoms with Crippen LogP contribution < -0.4 is 10.6 Å². The van der Waals surface area contributed by atoms with Gasteiger partial charge in [-0.2, -0.15) is 0 Å². The normalized spacial score (nSPS) is 10.4. The summed E-state index contributed by atoms with van der Waals surface area (Å²) in [6, 6.07) is 17.4. The van der Waals surface area contributed by atoms with E-state index in [1.807, 2.05) is 24.3 Å². The fourth-order valence-electron chi connectivity index (χ4n) is 2.34. The van der Waals surface area contributed by atoms with Gasteiger partial charge in [0.25, 0.3) is 11.8 Å². The highest BCUT2D eigenvalue weighted by Gasteiger charge is 2.12. The van der Waals surface area contributed by atoms with E-state index in [1.54, 1.807) is 36.4 Å². The molecule has 0 aliphatic carbocycles. The molecule has 8 heteroatoms. The van der Waals surface area contributed by atoms with Crippen LogP contribution in [0.2, 0.25) is 0 Å². The van der Waals surface area contributed by atoms with Crippen LogP contribution in [-0.4, -0.2) is 11.8 Å². The van der Waals surface area contributed by atoms with Crippen molar-refractivity contribution in [1.29, 1.82) is 0 Å². The first-order valence-corrected chi connectivity index (χ1v) is 11.1. The second-order valence-electron chi connectivity index (χ2n) is 5.73. The van der Waals surface area contributed by atoms with E-state index in [0.29, 0.717) is 22.5 Å². The number of benzene rings is 3. The first-order chi connectivity index (χ1) is 13.3. The fraction of sp³-hybridized carbons (Fsp3) is 0. The first-order valence-electron chi connectivity index (χ1n) is 7.96. The van der Waals surface area contributed by atoms with E-state index in [1.165, 1.54) is 0 Å². The van der Waals surface area contributed by atoms with Gasteiger partial charge < -0.3 is 10.6 Å². The summed E-state index contributed by atoms with van der Waals surface area (Å²) in [4.78, 5) is 24.9. The predicted octanol–water partition coefficient (Wildman–Crippen LogP) is 7.24. The van der Waals surface area contributed by atoms with Crippen molar-refractivity contribution >= 4 is 86.9 Å². The Morgan fingerprint density at radius 2 is 0.929 bits per heavy atom. The molecule has 142 valence electrons. The molecule has 0 aliphatic rings. The van der Waals surface area contributed by atoms with Gasteiger partial charge in [0, 0.05) is 29.0 Å². The average Bonchev–Trinajstić information content (AvgIpc) is 2.66. The fourth-order valence-corrected chi connectivity index (χ4v) is 4.64. The minimum Gasteiger partial charge on any atom is -0.321 e. The van der Waals surface area contributed by atoms with Crippen molar-refractivity contribution < 1.29 is 9.59 Å². The number of halogens is 4. The Balaban J connectivity index is 1.70. The molecule has 2 amide bonds. The molecular formula is C20H12Br4N2O2. The average molecular weight is 632 g/mol. The number of rotatable bonds is 4. The number of carbonyl (C=O) groups is 2. The standard InChI is InChI=1S/C20H12Br4N2O2/c21-13-5-7-17(15(23)9-13)25-19(27)11-1-2-12(4-3-11)20(28)26-18-8-6-14(22)10-16(18)24/h1-10H,(H,25,27)(H,26,28). The smallest absolute Gasteiger partial charge is 0.255 e. The maximum absolute atomic E-state index is 12.4. The van der Waals surface area contributed by atoms with Crippen molar-refractivity contribution in [3.63, 3.8) is 0 Å². The second-order valence-corrected chi connectivity index (χ2v) is 9.27. The van der Waals surface area contributed by atoms with Gasteiger partial charge in [0.2, 0.25) is 0 Å². The highest BCUT2D eigenvalue weighted by molar-refractivity contribution is 9.11. The van der Waals surface area contributed by atoms with Gasteiger partial charge in [-0.3, -0.25) is 9.59 Å². The Kier molecular flexibility index (Phi) is 7.09. The highest BCUT2D eigenvalue weighted by Crippen LogP contribution is 2.28. The Hall–Kier alpha value is -1.48. The molecule has 2 N–H and O–H groups in total. The number of amides is 2. The van der Waals surface area contributed by atoms with Crippen LogP contribution in [0.4, 0.5) is 11.4 Å². The first kappa shape index (κ1) is 21.2. The van der Waals surface area contributed by atoms with Gasteiger partial charge >= 0.3 is 0 Å². The van der Waals surface area contributed by atoms with E-state index >= 15 is 0 Å². The molecule has 0 heterocycles. The quantitative estimate of drug-likeness (QED) is 0.319. The summed E-state index contributed by atoms with van der Waals surface area (Å²) in [6.45, 7) is 0. The van der Waals surface area contributed by atoms with Gasteiger partial charge in [-0.25, -0.2) is 0 Å². The lowest BCUT2D eigenvalue weighted by atomic mass is 10.1. The van der Waals surface area contributed by atoms with Gasteiger partial charge in [0.05, 0.1) is 11.4 Å². The van der Waals surface area contributed by atoms with E-state index in [0.717, 1.165) is 17.9 Å². The maximum Gasteiger partial charge on any atom is 0.255 e. The van der Waals surface area contributed by atoms with E-state index in [4.69, 9.17) is 0 Å². The summed E-state index contributed by atoms with van der Waals surface area (Å²) in [7, 11) is 0. The van der Waals surface area contributed by atoms with Crippen LogP contribution in [0.15, 0.2) is 78.6 Å². The Morgan fingerprint density at radius 1 is 0.571 bits per heavy atom. The van der Waals surface area contributed by atoms with Crippen molar-refractivity contribution in [3.05, 3.63) is 89.7 Å². The number of nitrogens with one attached hydrogen (secondary N) is 2. The van der Waals surface area contributed by atoms with Crippen LogP contribution in [0.25, 0.3) is 0 Å². The number of hydrogen-bond donors (Lipinski definition) is 2. The molecule has 0 fully saturated rings. The predicted molar refractivity (Wildman–Crippen MR) is 126 cm³/mol. The zero-order valence-corrected chi connectivity index (χ0v) is 20.4. The SMILES string of the molecule is O=C(Nc1ccc(Br)cc1Br)c1ccc(C(=O)Nc2ccc(Br)cc2Br)cc1. The van der Waals surface area contributed by atoms with Crippen LogP contribution in [0, 0.1) is 0 Å². The third kappa shape index (κ3) is 5.31. The molecule has 4 nitrogen and oxygen atoms in total. The van der Waals surface area contributed by atoms with Crippen LogP contribution in [0.1, 0.15) is 20.7 Å². The minimum atomic E-state index is -0.259. The van der Waals surface area contributed by atoms with Crippen molar-refractivity contribution in [1.82, 2.24) is 0 Å². The van der Waals surface area contributed by atoms with E-state index in [9.17, 15) is 9.59 Å². The van der Waals surface area contributed by atoms with Crippen molar-refractivity contribution in [2.75, 3.05) is 10.6 Å². The number of anilines is 2. The molecule has 0 aliphatic heterocycles. The van der Waals surface area contributed by atoms with E-state index in [2.05, 4.69) is 74.4 Å². The highest BCUT2D eigenvalue weighted by atomic mass is 79.9. The number of carbonyl (C=O) groups excluding carboxylic acids is 2. The lowest BCUT2D eigenvalue weighted by Crippen LogP contribution is -2.14. The monoisotopic (exact) mass is 628 g/mol. The zero-order valence-electron chi connectivity index (χ0n) is 14.1. The van der Waals surface area contributed by atoms with Crippen LogP contribution in [0.3, 0.4) is 0 Å². The van der Waals surface area contributed by atoms with Crippen molar-refractivity contribution in [3.8, 4) is 0 Å². The van der Waals surface area contributed by atoms with Gasteiger partial charge in [0.1, 0.15) is 0 Å². The summed E-state index contributed by atoms with van der Waals surface area (Å²) in [5.41, 5.74) is 2.23. The lowest BCUT2D eigenvalue weighted by Gasteiger charge is -2.10. The second kappa shape index (κ2) is 9.35. The topological polar surface area (TPSA) is 58.2 Å². The van der Waals surface area contributed by atoms with E-state index < -0.39 is 0 Å². The van der Waals surface area contributed by atoms with E-state index in [-0.39, 0.29) is 11.8 Å². The van der Waals surface area contributed by atoms with Crippen LogP contribution in [-0.2, 0) is 0 Å². The molecule has 0 saturated heterocycles. The van der Waals surface area contributed by atoms with Crippen molar-refractivity contribution in [2.45, 2.75) is 0 Å². The summed E-state index contributed by atoms with van der Waals surface area (Å²) < 4.78 is 3.35. The Morgan fingerprint density at radius 3 is 1.25 bits per heavy atom. The molecule has 0 aromatic heterocycles. The summed E-state index contributed by atoms with van der Waals surface area (Å²) in [5.74, 6) is -0.517. The maximum atomic E-state index is 12.4. The Labute approximate surface area is 195 Å². The molecule has 3 aromatic rings. The number of hydrogen-bond acceptors (Lipinski definition) is 2. The van der Waals surface area contributed by atoms with Crippen LogP contribution in [0.5, 0.6) is 0 Å². The lowest BCUT2D eigenvalue weighted by molar-refractivity contribution is 0.101. The van der Waals surface area contributed by atoms with Gasteiger partial charge in [-0.1, -0.05) is 31.9 Å². The third-order valence-electron chi connectivity index (χ3n) is 3.77. The molecule has 0 bridgehead atoms. The van der Waals surface area contributed by atoms with Crippen LogP contribution >= 0.6 is 63.7 Å². The van der Waals surface area contributed by atoms with Gasteiger partial charge in [-0.05, 0) is 92.5 Å². The molecule has 0 unspecified atom stereocenters.